The number of para-hydroxylation sites is 1. The van der Waals surface area contributed by atoms with Crippen LogP contribution < -0.4 is 10.5 Å². The molecule has 0 aromatic heterocycles. The van der Waals surface area contributed by atoms with Crippen molar-refractivity contribution in [2.45, 2.75) is 33.3 Å². The Morgan fingerprint density at radius 2 is 2.07 bits per heavy atom. The number of ether oxygens (including phenoxy) is 1. The third-order valence-corrected chi connectivity index (χ3v) is 2.76. The number of hydrogen-bond donors (Lipinski definition) is 1. The number of nitrogens with two attached hydrogens (primary N) is 1. The molecule has 0 saturated heterocycles. The molecule has 1 atom stereocenters. The summed E-state index contributed by atoms with van der Waals surface area (Å²) in [6, 6.07) is 5.98. The monoisotopic (exact) mass is 191 g/mol. The lowest BCUT2D eigenvalue weighted by Crippen LogP contribution is -2.30. The molecule has 0 fully saturated rings. The molecule has 0 amide bonds. The number of rotatable bonds is 0. The lowest BCUT2D eigenvalue weighted by Gasteiger charge is -2.26. The Labute approximate surface area is 85.1 Å². The number of hydrogen-bond acceptors (Lipinski definition) is 2. The summed E-state index contributed by atoms with van der Waals surface area (Å²) < 4.78 is 5.88. The standard InChI is InChI=1S/C12H17NO/c1-12(2,3)10-7-8-5-4-6-9(13)11(8)14-10/h4-6,10H,7,13H2,1-3H3. The molecule has 2 N–H and O–H groups in total. The lowest BCUT2D eigenvalue weighted by molar-refractivity contribution is 0.109. The molecule has 0 saturated carbocycles. The minimum atomic E-state index is 0.172. The molecule has 0 aliphatic carbocycles. The highest BCUT2D eigenvalue weighted by atomic mass is 16.5. The van der Waals surface area contributed by atoms with E-state index in [-0.39, 0.29) is 11.5 Å². The van der Waals surface area contributed by atoms with Gasteiger partial charge in [0.05, 0.1) is 5.69 Å². The Kier molecular flexibility index (Phi) is 1.95. The van der Waals surface area contributed by atoms with E-state index in [0.717, 1.165) is 17.9 Å². The maximum atomic E-state index is 5.88. The molecule has 76 valence electrons. The summed E-state index contributed by atoms with van der Waals surface area (Å²) in [5.74, 6) is 0.896. The highest BCUT2D eigenvalue weighted by Gasteiger charge is 2.33. The van der Waals surface area contributed by atoms with Gasteiger partial charge in [0.25, 0.3) is 0 Å². The smallest absolute Gasteiger partial charge is 0.145 e. The molecule has 1 aromatic rings. The van der Waals surface area contributed by atoms with Crippen molar-refractivity contribution < 1.29 is 4.74 Å². The lowest BCUT2D eigenvalue weighted by atomic mass is 9.86. The van der Waals surface area contributed by atoms with Gasteiger partial charge in [-0.2, -0.15) is 0 Å². The predicted octanol–water partition coefficient (Wildman–Crippen LogP) is 2.62. The molecular weight excluding hydrogens is 174 g/mol. The van der Waals surface area contributed by atoms with E-state index < -0.39 is 0 Å². The van der Waals surface area contributed by atoms with Crippen molar-refractivity contribution in [2.75, 3.05) is 5.73 Å². The SMILES string of the molecule is CC(C)(C)C1Cc2cccc(N)c2O1. The van der Waals surface area contributed by atoms with Crippen LogP contribution in [0.3, 0.4) is 0 Å². The van der Waals surface area contributed by atoms with Crippen molar-refractivity contribution in [3.8, 4) is 5.75 Å². The summed E-state index contributed by atoms with van der Waals surface area (Å²) in [7, 11) is 0. The molecule has 2 heteroatoms. The van der Waals surface area contributed by atoms with E-state index in [2.05, 4.69) is 26.8 Å². The molecule has 1 unspecified atom stereocenters. The summed E-state index contributed by atoms with van der Waals surface area (Å²) in [6.07, 6.45) is 1.23. The van der Waals surface area contributed by atoms with Crippen LogP contribution in [0.2, 0.25) is 0 Å². The normalized spacial score (nSPS) is 20.4. The van der Waals surface area contributed by atoms with Crippen LogP contribution >= 0.6 is 0 Å². The minimum Gasteiger partial charge on any atom is -0.487 e. The largest absolute Gasteiger partial charge is 0.487 e. The maximum Gasteiger partial charge on any atom is 0.145 e. The zero-order chi connectivity index (χ0) is 10.3. The fourth-order valence-corrected chi connectivity index (χ4v) is 1.78. The molecule has 0 radical (unpaired) electrons. The topological polar surface area (TPSA) is 35.2 Å². The first kappa shape index (κ1) is 9.38. The van der Waals surface area contributed by atoms with E-state index >= 15 is 0 Å². The highest BCUT2D eigenvalue weighted by molar-refractivity contribution is 5.58. The first-order valence-electron chi connectivity index (χ1n) is 5.02. The first-order valence-corrected chi connectivity index (χ1v) is 5.02. The van der Waals surface area contributed by atoms with Crippen LogP contribution in [0.5, 0.6) is 5.75 Å². The van der Waals surface area contributed by atoms with Crippen molar-refractivity contribution in [3.05, 3.63) is 23.8 Å². The van der Waals surface area contributed by atoms with Gasteiger partial charge in [0.2, 0.25) is 0 Å². The van der Waals surface area contributed by atoms with E-state index in [9.17, 15) is 0 Å². The maximum absolute atomic E-state index is 5.88. The zero-order valence-corrected chi connectivity index (χ0v) is 9.00. The molecule has 1 aliphatic heterocycles. The minimum absolute atomic E-state index is 0.172. The van der Waals surface area contributed by atoms with Crippen molar-refractivity contribution in [3.63, 3.8) is 0 Å². The van der Waals surface area contributed by atoms with E-state index in [1.807, 2.05) is 12.1 Å². The predicted molar refractivity (Wildman–Crippen MR) is 58.4 cm³/mol. The molecule has 1 aliphatic rings. The van der Waals surface area contributed by atoms with Crippen LogP contribution in [-0.4, -0.2) is 6.10 Å². The van der Waals surface area contributed by atoms with Gasteiger partial charge in [-0.25, -0.2) is 0 Å². The molecule has 14 heavy (non-hydrogen) atoms. The quantitative estimate of drug-likeness (QED) is 0.640. The molecule has 0 spiro atoms. The Hall–Kier alpha value is -1.18. The van der Waals surface area contributed by atoms with Gasteiger partial charge in [-0.15, -0.1) is 0 Å². The van der Waals surface area contributed by atoms with Crippen LogP contribution in [0.4, 0.5) is 5.69 Å². The van der Waals surface area contributed by atoms with Crippen LogP contribution in [0.1, 0.15) is 26.3 Å². The summed E-state index contributed by atoms with van der Waals surface area (Å²) in [4.78, 5) is 0. The average Bonchev–Trinajstić information content (AvgIpc) is 2.48. The van der Waals surface area contributed by atoms with Gasteiger partial charge in [-0.3, -0.25) is 0 Å². The van der Waals surface area contributed by atoms with Crippen LogP contribution in [0.25, 0.3) is 0 Å². The van der Waals surface area contributed by atoms with Crippen molar-refractivity contribution >= 4 is 5.69 Å². The molecular formula is C12H17NO. The summed E-state index contributed by atoms with van der Waals surface area (Å²) >= 11 is 0. The van der Waals surface area contributed by atoms with Crippen molar-refractivity contribution in [1.82, 2.24) is 0 Å². The molecule has 1 heterocycles. The van der Waals surface area contributed by atoms with E-state index in [0.29, 0.717) is 0 Å². The Morgan fingerprint density at radius 3 is 2.64 bits per heavy atom. The number of fused-ring (bicyclic) bond motifs is 1. The summed E-state index contributed by atoms with van der Waals surface area (Å²) in [5, 5.41) is 0. The highest BCUT2D eigenvalue weighted by Crippen LogP contribution is 2.39. The van der Waals surface area contributed by atoms with Gasteiger partial charge in [0, 0.05) is 6.42 Å². The van der Waals surface area contributed by atoms with Gasteiger partial charge in [0.15, 0.2) is 0 Å². The average molecular weight is 191 g/mol. The van der Waals surface area contributed by atoms with Crippen LogP contribution in [-0.2, 0) is 6.42 Å². The molecule has 2 nitrogen and oxygen atoms in total. The molecule has 0 bridgehead atoms. The van der Waals surface area contributed by atoms with Gasteiger partial charge < -0.3 is 10.5 Å². The Morgan fingerprint density at radius 1 is 1.36 bits per heavy atom. The third kappa shape index (κ3) is 1.45. The van der Waals surface area contributed by atoms with Crippen molar-refractivity contribution in [2.24, 2.45) is 5.41 Å². The van der Waals surface area contributed by atoms with Gasteiger partial charge in [-0.1, -0.05) is 32.9 Å². The fraction of sp³-hybridized carbons (Fsp3) is 0.500. The Balaban J connectivity index is 2.31. The van der Waals surface area contributed by atoms with E-state index in [4.69, 9.17) is 10.5 Å². The number of nitrogen functional groups attached to an aromatic ring is 1. The second kappa shape index (κ2) is 2.91. The van der Waals surface area contributed by atoms with Crippen LogP contribution in [0, 0.1) is 5.41 Å². The number of benzene rings is 1. The second-order valence-corrected chi connectivity index (χ2v) is 5.01. The molecule has 1 aromatic carbocycles. The second-order valence-electron chi connectivity index (χ2n) is 5.01. The zero-order valence-electron chi connectivity index (χ0n) is 9.00. The third-order valence-electron chi connectivity index (χ3n) is 2.76. The van der Waals surface area contributed by atoms with E-state index in [1.165, 1.54) is 5.56 Å². The first-order chi connectivity index (χ1) is 6.48. The van der Waals surface area contributed by atoms with Crippen molar-refractivity contribution in [1.29, 1.82) is 0 Å². The van der Waals surface area contributed by atoms with Gasteiger partial charge in [0.1, 0.15) is 11.9 Å². The Bertz CT molecular complexity index is 352. The number of anilines is 1. The fourth-order valence-electron chi connectivity index (χ4n) is 1.78. The van der Waals surface area contributed by atoms with Crippen LogP contribution in [0.15, 0.2) is 18.2 Å². The summed E-state index contributed by atoms with van der Waals surface area (Å²) in [5.41, 5.74) is 8.02. The van der Waals surface area contributed by atoms with E-state index in [1.54, 1.807) is 0 Å². The molecule has 2 rings (SSSR count). The van der Waals surface area contributed by atoms with Gasteiger partial charge in [-0.05, 0) is 17.0 Å². The van der Waals surface area contributed by atoms with Gasteiger partial charge >= 0.3 is 0 Å². The summed E-state index contributed by atoms with van der Waals surface area (Å²) in [6.45, 7) is 6.58.